The number of carbonyl (C=O) groups is 2. The van der Waals surface area contributed by atoms with Crippen molar-refractivity contribution in [3.8, 4) is 0 Å². The van der Waals surface area contributed by atoms with Crippen LogP contribution in [0.15, 0.2) is 41.0 Å². The summed E-state index contributed by atoms with van der Waals surface area (Å²) in [6.07, 6.45) is 1.60. The largest absolute Gasteiger partial charge is 0.358 e. The highest BCUT2D eigenvalue weighted by molar-refractivity contribution is 9.10. The molecule has 0 aliphatic rings. The maximum absolute atomic E-state index is 11.7. The lowest BCUT2D eigenvalue weighted by molar-refractivity contribution is -0.112. The first-order valence-electron chi connectivity index (χ1n) is 5.33. The minimum absolute atomic E-state index is 0.279. The Morgan fingerprint density at radius 1 is 1.28 bits per heavy atom. The predicted molar refractivity (Wildman–Crippen MR) is 72.6 cm³/mol. The molecule has 4 nitrogen and oxygen atoms in total. The van der Waals surface area contributed by atoms with Crippen molar-refractivity contribution in [2.24, 2.45) is 0 Å². The summed E-state index contributed by atoms with van der Waals surface area (Å²) in [5.41, 5.74) is 1.86. The van der Waals surface area contributed by atoms with Gasteiger partial charge in [-0.1, -0.05) is 15.9 Å². The second-order valence-electron chi connectivity index (χ2n) is 3.83. The lowest BCUT2D eigenvalue weighted by Gasteiger charge is -2.05. The molecule has 0 saturated carbocycles. The monoisotopic (exact) mass is 306 g/mol. The van der Waals surface area contributed by atoms with Crippen molar-refractivity contribution >= 4 is 33.3 Å². The SMILES string of the molecule is Cc1cc(NC(=O)C(=O)c2ccc[nH]2)ccc1Br. The van der Waals surface area contributed by atoms with Crippen LogP contribution in [-0.4, -0.2) is 16.7 Å². The van der Waals surface area contributed by atoms with Crippen LogP contribution < -0.4 is 5.32 Å². The first-order valence-corrected chi connectivity index (χ1v) is 6.12. The van der Waals surface area contributed by atoms with Crippen LogP contribution in [0, 0.1) is 6.92 Å². The summed E-state index contributed by atoms with van der Waals surface area (Å²) in [7, 11) is 0. The van der Waals surface area contributed by atoms with Gasteiger partial charge in [-0.2, -0.15) is 0 Å². The highest BCUT2D eigenvalue weighted by atomic mass is 79.9. The number of rotatable bonds is 3. The van der Waals surface area contributed by atoms with Crippen molar-refractivity contribution in [1.29, 1.82) is 0 Å². The number of aromatic nitrogens is 1. The lowest BCUT2D eigenvalue weighted by Crippen LogP contribution is -2.23. The number of hydrogen-bond acceptors (Lipinski definition) is 2. The summed E-state index contributed by atoms with van der Waals surface area (Å²) in [6.45, 7) is 1.91. The van der Waals surface area contributed by atoms with Crippen LogP contribution >= 0.6 is 15.9 Å². The van der Waals surface area contributed by atoms with Crippen molar-refractivity contribution < 1.29 is 9.59 Å². The zero-order valence-electron chi connectivity index (χ0n) is 9.66. The summed E-state index contributed by atoms with van der Waals surface area (Å²) >= 11 is 3.37. The van der Waals surface area contributed by atoms with Gasteiger partial charge < -0.3 is 10.3 Å². The molecule has 1 amide bonds. The molecule has 0 radical (unpaired) electrons. The van der Waals surface area contributed by atoms with Gasteiger partial charge in [0, 0.05) is 16.4 Å². The standard InChI is InChI=1S/C13H11BrN2O2/c1-8-7-9(4-5-10(8)14)16-13(18)12(17)11-3-2-6-15-11/h2-7,15H,1H3,(H,16,18). The van der Waals surface area contributed by atoms with Gasteiger partial charge in [-0.3, -0.25) is 9.59 Å². The molecule has 0 saturated heterocycles. The van der Waals surface area contributed by atoms with E-state index in [-0.39, 0.29) is 5.69 Å². The van der Waals surface area contributed by atoms with Crippen LogP contribution in [0.1, 0.15) is 16.1 Å². The van der Waals surface area contributed by atoms with Crippen LogP contribution in [0.4, 0.5) is 5.69 Å². The Balaban J connectivity index is 2.12. The molecule has 1 heterocycles. The van der Waals surface area contributed by atoms with E-state index in [9.17, 15) is 9.59 Å². The lowest BCUT2D eigenvalue weighted by atomic mass is 10.2. The molecule has 2 N–H and O–H groups in total. The number of benzene rings is 1. The zero-order valence-corrected chi connectivity index (χ0v) is 11.2. The molecule has 0 atom stereocenters. The number of H-pyrrole nitrogens is 1. The Hall–Kier alpha value is -1.88. The Labute approximate surface area is 113 Å². The summed E-state index contributed by atoms with van der Waals surface area (Å²) in [5.74, 6) is -1.24. The maximum atomic E-state index is 11.7. The van der Waals surface area contributed by atoms with E-state index >= 15 is 0 Å². The number of aromatic amines is 1. The van der Waals surface area contributed by atoms with Gasteiger partial charge in [-0.25, -0.2) is 0 Å². The Morgan fingerprint density at radius 2 is 2.06 bits per heavy atom. The highest BCUT2D eigenvalue weighted by Gasteiger charge is 2.16. The predicted octanol–water partition coefficient (Wildman–Crippen LogP) is 2.91. The Kier molecular flexibility index (Phi) is 3.62. The zero-order chi connectivity index (χ0) is 13.1. The molecule has 0 unspecified atom stereocenters. The molecule has 2 aromatic rings. The van der Waals surface area contributed by atoms with Gasteiger partial charge in [-0.15, -0.1) is 0 Å². The number of carbonyl (C=O) groups excluding carboxylic acids is 2. The van der Waals surface area contributed by atoms with Crippen molar-refractivity contribution in [1.82, 2.24) is 4.98 Å². The average molecular weight is 307 g/mol. The van der Waals surface area contributed by atoms with Crippen molar-refractivity contribution in [2.75, 3.05) is 5.32 Å². The van der Waals surface area contributed by atoms with Crippen molar-refractivity contribution in [3.63, 3.8) is 0 Å². The van der Waals surface area contributed by atoms with Crippen LogP contribution in [-0.2, 0) is 4.79 Å². The number of halogens is 1. The average Bonchev–Trinajstić information content (AvgIpc) is 2.86. The fraction of sp³-hybridized carbons (Fsp3) is 0.0769. The number of anilines is 1. The summed E-state index contributed by atoms with van der Waals surface area (Å²) < 4.78 is 0.955. The number of nitrogens with one attached hydrogen (secondary N) is 2. The topological polar surface area (TPSA) is 62.0 Å². The van der Waals surface area contributed by atoms with Crippen LogP contribution in [0.2, 0.25) is 0 Å². The molecule has 92 valence electrons. The molecule has 0 spiro atoms. The molecule has 0 bridgehead atoms. The molecule has 5 heteroatoms. The second-order valence-corrected chi connectivity index (χ2v) is 4.69. The van der Waals surface area contributed by atoms with Gasteiger partial charge in [0.25, 0.3) is 11.7 Å². The van der Waals surface area contributed by atoms with Crippen LogP contribution in [0.5, 0.6) is 0 Å². The van der Waals surface area contributed by atoms with E-state index in [1.54, 1.807) is 30.5 Å². The van der Waals surface area contributed by atoms with Gasteiger partial charge in [0.05, 0.1) is 5.69 Å². The van der Waals surface area contributed by atoms with E-state index in [0.717, 1.165) is 10.0 Å². The van der Waals surface area contributed by atoms with Gasteiger partial charge in [-0.05, 0) is 42.8 Å². The summed E-state index contributed by atoms with van der Waals surface area (Å²) in [6, 6.07) is 8.59. The Bertz CT molecular complexity index is 591. The maximum Gasteiger partial charge on any atom is 0.298 e. The third kappa shape index (κ3) is 2.68. The quantitative estimate of drug-likeness (QED) is 0.676. The minimum Gasteiger partial charge on any atom is -0.358 e. The number of Topliss-reactive ketones (excluding diaryl/α,β-unsaturated/α-hetero) is 1. The number of aryl methyl sites for hydroxylation is 1. The molecule has 1 aromatic carbocycles. The summed E-state index contributed by atoms with van der Waals surface area (Å²) in [4.78, 5) is 26.1. The van der Waals surface area contributed by atoms with Crippen LogP contribution in [0.25, 0.3) is 0 Å². The highest BCUT2D eigenvalue weighted by Crippen LogP contribution is 2.20. The van der Waals surface area contributed by atoms with E-state index in [1.807, 2.05) is 13.0 Å². The van der Waals surface area contributed by atoms with E-state index in [0.29, 0.717) is 5.69 Å². The second kappa shape index (κ2) is 5.18. The molecule has 0 aliphatic carbocycles. The first kappa shape index (κ1) is 12.6. The van der Waals surface area contributed by atoms with E-state index in [4.69, 9.17) is 0 Å². The van der Waals surface area contributed by atoms with Crippen molar-refractivity contribution in [2.45, 2.75) is 6.92 Å². The first-order chi connectivity index (χ1) is 8.58. The molecule has 2 rings (SSSR count). The van der Waals surface area contributed by atoms with E-state index in [1.165, 1.54) is 0 Å². The van der Waals surface area contributed by atoms with E-state index in [2.05, 4.69) is 26.2 Å². The fourth-order valence-corrected chi connectivity index (χ4v) is 1.75. The fourth-order valence-electron chi connectivity index (χ4n) is 1.50. The van der Waals surface area contributed by atoms with Gasteiger partial charge in [0.1, 0.15) is 0 Å². The number of ketones is 1. The smallest absolute Gasteiger partial charge is 0.298 e. The van der Waals surface area contributed by atoms with Gasteiger partial charge in [0.2, 0.25) is 0 Å². The molecule has 0 fully saturated rings. The minimum atomic E-state index is -0.654. The van der Waals surface area contributed by atoms with Gasteiger partial charge in [0.15, 0.2) is 0 Å². The molecule has 18 heavy (non-hydrogen) atoms. The number of amides is 1. The summed E-state index contributed by atoms with van der Waals surface area (Å²) in [5, 5.41) is 2.57. The molecule has 0 aliphatic heterocycles. The third-order valence-corrected chi connectivity index (χ3v) is 3.35. The number of hydrogen-bond donors (Lipinski definition) is 2. The normalized spacial score (nSPS) is 10.1. The van der Waals surface area contributed by atoms with Gasteiger partial charge >= 0.3 is 0 Å². The molecular formula is C13H11BrN2O2. The Morgan fingerprint density at radius 3 is 2.67 bits per heavy atom. The molecule has 1 aromatic heterocycles. The van der Waals surface area contributed by atoms with Crippen molar-refractivity contribution in [3.05, 3.63) is 52.3 Å². The van der Waals surface area contributed by atoms with Crippen LogP contribution in [0.3, 0.4) is 0 Å². The molecular weight excluding hydrogens is 296 g/mol. The van der Waals surface area contributed by atoms with E-state index < -0.39 is 11.7 Å². The third-order valence-electron chi connectivity index (χ3n) is 2.46.